The van der Waals surface area contributed by atoms with Gasteiger partial charge in [-0.2, -0.15) is 0 Å². The summed E-state index contributed by atoms with van der Waals surface area (Å²) in [5, 5.41) is 12.5. The van der Waals surface area contributed by atoms with Crippen LogP contribution in [0.25, 0.3) is 5.57 Å². The number of nitrogens with one attached hydrogen (secondary N) is 1. The number of halogens is 1. The smallest absolute Gasteiger partial charge is 0.336 e. The van der Waals surface area contributed by atoms with Gasteiger partial charge in [0.15, 0.2) is 0 Å². The molecule has 0 spiro atoms. The van der Waals surface area contributed by atoms with E-state index in [1.54, 1.807) is 30.3 Å². The van der Waals surface area contributed by atoms with Gasteiger partial charge in [-0.15, -0.1) is 0 Å². The molecule has 0 aromatic heterocycles. The minimum atomic E-state index is -1.18. The van der Waals surface area contributed by atoms with E-state index in [4.69, 9.17) is 11.6 Å². The molecule has 0 atom stereocenters. The third-order valence-electron chi connectivity index (χ3n) is 3.52. The molecule has 118 valence electrons. The Labute approximate surface area is 139 Å². The fourth-order valence-corrected chi connectivity index (χ4v) is 2.21. The summed E-state index contributed by atoms with van der Waals surface area (Å²) in [7, 11) is 0. The Morgan fingerprint density at radius 2 is 1.74 bits per heavy atom. The number of carboxylic acid groups (broad SMARTS) is 1. The van der Waals surface area contributed by atoms with E-state index in [0.717, 1.165) is 17.2 Å². The van der Waals surface area contributed by atoms with E-state index in [1.165, 1.54) is 0 Å². The van der Waals surface area contributed by atoms with Gasteiger partial charge in [-0.05, 0) is 48.7 Å². The summed E-state index contributed by atoms with van der Waals surface area (Å²) >= 11 is 5.80. The number of hydrogen-bond donors (Lipinski definition) is 2. The van der Waals surface area contributed by atoms with Crippen LogP contribution in [0.4, 0.5) is 5.69 Å². The summed E-state index contributed by atoms with van der Waals surface area (Å²) < 4.78 is 0. The molecule has 4 nitrogen and oxygen atoms in total. The molecule has 23 heavy (non-hydrogen) atoms. The van der Waals surface area contributed by atoms with Crippen LogP contribution in [0.1, 0.15) is 16.7 Å². The van der Waals surface area contributed by atoms with Gasteiger partial charge < -0.3 is 10.4 Å². The van der Waals surface area contributed by atoms with Crippen molar-refractivity contribution < 1.29 is 14.7 Å². The van der Waals surface area contributed by atoms with Crippen molar-refractivity contribution >= 4 is 34.7 Å². The number of hydrogen-bond acceptors (Lipinski definition) is 2. The molecule has 0 bridgehead atoms. The highest BCUT2D eigenvalue weighted by Crippen LogP contribution is 2.20. The molecule has 2 N–H and O–H groups in total. The van der Waals surface area contributed by atoms with Gasteiger partial charge in [-0.3, -0.25) is 4.79 Å². The number of amides is 1. The number of anilines is 1. The van der Waals surface area contributed by atoms with Crippen molar-refractivity contribution in [3.8, 4) is 0 Å². The lowest BCUT2D eigenvalue weighted by atomic mass is 10.1. The molecule has 0 fully saturated rings. The second kappa shape index (κ2) is 7.11. The number of rotatable bonds is 4. The molecule has 2 aromatic rings. The van der Waals surface area contributed by atoms with Gasteiger partial charge in [0.1, 0.15) is 0 Å². The average Bonchev–Trinajstić information content (AvgIpc) is 2.50. The molecule has 0 heterocycles. The number of carboxylic acids is 1. The van der Waals surface area contributed by atoms with Gasteiger partial charge >= 0.3 is 5.97 Å². The maximum atomic E-state index is 12.2. The lowest BCUT2D eigenvalue weighted by Gasteiger charge is -2.09. The van der Waals surface area contributed by atoms with E-state index >= 15 is 0 Å². The summed E-state index contributed by atoms with van der Waals surface area (Å²) in [4.78, 5) is 23.6. The predicted octanol–water partition coefficient (Wildman–Crippen LogP) is 4.06. The summed E-state index contributed by atoms with van der Waals surface area (Å²) in [6.45, 7) is 3.84. The van der Waals surface area contributed by atoms with Crippen molar-refractivity contribution in [2.45, 2.75) is 13.8 Å². The molecule has 0 saturated carbocycles. The standard InChI is InChI=1S/C18H16ClNO3/c1-11-4-3-5-16(12(11)2)20-17(21)10-15(18(22)23)13-6-8-14(19)9-7-13/h3-10H,1-2H3,(H,20,21)(H,22,23)/b15-10-. The number of carbonyl (C=O) groups excluding carboxylic acids is 1. The molecular weight excluding hydrogens is 314 g/mol. The Morgan fingerprint density at radius 3 is 2.35 bits per heavy atom. The topological polar surface area (TPSA) is 66.4 Å². The first-order valence-corrected chi connectivity index (χ1v) is 7.34. The van der Waals surface area contributed by atoms with E-state index in [1.807, 2.05) is 26.0 Å². The first kappa shape index (κ1) is 16.8. The van der Waals surface area contributed by atoms with Crippen molar-refractivity contribution in [3.63, 3.8) is 0 Å². The molecule has 0 aliphatic rings. The zero-order chi connectivity index (χ0) is 17.0. The van der Waals surface area contributed by atoms with Gasteiger partial charge in [0.25, 0.3) is 0 Å². The predicted molar refractivity (Wildman–Crippen MR) is 91.6 cm³/mol. The van der Waals surface area contributed by atoms with E-state index < -0.39 is 11.9 Å². The van der Waals surface area contributed by atoms with Crippen molar-refractivity contribution in [2.24, 2.45) is 0 Å². The Hall–Kier alpha value is -2.59. The van der Waals surface area contributed by atoms with E-state index in [-0.39, 0.29) is 5.57 Å². The van der Waals surface area contributed by atoms with Crippen molar-refractivity contribution in [1.29, 1.82) is 0 Å². The summed E-state index contributed by atoms with van der Waals surface area (Å²) in [6.07, 6.45) is 1.08. The minimum absolute atomic E-state index is 0.0931. The molecule has 0 aliphatic heterocycles. The van der Waals surface area contributed by atoms with Crippen molar-refractivity contribution in [2.75, 3.05) is 5.32 Å². The van der Waals surface area contributed by atoms with Gasteiger partial charge in [0.2, 0.25) is 5.91 Å². The minimum Gasteiger partial charge on any atom is -0.478 e. The fraction of sp³-hybridized carbons (Fsp3) is 0.111. The van der Waals surface area contributed by atoms with Crippen molar-refractivity contribution in [3.05, 3.63) is 70.3 Å². The van der Waals surface area contributed by atoms with Gasteiger partial charge in [-0.1, -0.05) is 35.9 Å². The highest BCUT2D eigenvalue weighted by Gasteiger charge is 2.13. The number of benzene rings is 2. The van der Waals surface area contributed by atoms with E-state index in [9.17, 15) is 14.7 Å². The first-order chi connectivity index (χ1) is 10.9. The molecule has 0 radical (unpaired) electrons. The third-order valence-corrected chi connectivity index (χ3v) is 3.78. The molecule has 0 saturated heterocycles. The molecular formula is C18H16ClNO3. The normalized spacial score (nSPS) is 11.2. The number of carbonyl (C=O) groups is 2. The third kappa shape index (κ3) is 4.20. The molecule has 5 heteroatoms. The molecule has 0 unspecified atom stereocenters. The lowest BCUT2D eigenvalue weighted by Crippen LogP contribution is -2.12. The van der Waals surface area contributed by atoms with Crippen LogP contribution >= 0.6 is 11.6 Å². The Bertz CT molecular complexity index is 779. The van der Waals surface area contributed by atoms with Gasteiger partial charge in [0.05, 0.1) is 5.57 Å². The number of aliphatic carboxylic acids is 1. The maximum Gasteiger partial charge on any atom is 0.336 e. The second-order valence-corrected chi connectivity index (χ2v) is 5.54. The van der Waals surface area contributed by atoms with E-state index in [0.29, 0.717) is 16.3 Å². The van der Waals surface area contributed by atoms with Crippen LogP contribution in [0.15, 0.2) is 48.5 Å². The lowest BCUT2D eigenvalue weighted by molar-refractivity contribution is -0.130. The van der Waals surface area contributed by atoms with Crippen LogP contribution in [0.5, 0.6) is 0 Å². The Kier molecular flexibility index (Phi) is 5.19. The van der Waals surface area contributed by atoms with Crippen LogP contribution in [0.2, 0.25) is 5.02 Å². The Morgan fingerprint density at radius 1 is 1.09 bits per heavy atom. The molecule has 2 aromatic carbocycles. The fourth-order valence-electron chi connectivity index (χ4n) is 2.08. The molecule has 1 amide bonds. The quantitative estimate of drug-likeness (QED) is 0.831. The Balaban J connectivity index is 2.29. The van der Waals surface area contributed by atoms with Crippen LogP contribution < -0.4 is 5.32 Å². The summed E-state index contributed by atoms with van der Waals surface area (Å²) in [5.41, 5.74) is 2.97. The maximum absolute atomic E-state index is 12.2. The van der Waals surface area contributed by atoms with E-state index in [2.05, 4.69) is 5.32 Å². The highest BCUT2D eigenvalue weighted by atomic mass is 35.5. The van der Waals surface area contributed by atoms with Crippen LogP contribution in [-0.4, -0.2) is 17.0 Å². The summed E-state index contributed by atoms with van der Waals surface area (Å²) in [6, 6.07) is 11.8. The van der Waals surface area contributed by atoms with Crippen LogP contribution in [-0.2, 0) is 9.59 Å². The second-order valence-electron chi connectivity index (χ2n) is 5.11. The molecule has 0 aliphatic carbocycles. The van der Waals surface area contributed by atoms with Gasteiger partial charge in [0, 0.05) is 16.8 Å². The highest BCUT2D eigenvalue weighted by molar-refractivity contribution is 6.30. The monoisotopic (exact) mass is 329 g/mol. The summed E-state index contributed by atoms with van der Waals surface area (Å²) in [5.74, 6) is -1.67. The first-order valence-electron chi connectivity index (χ1n) is 6.96. The SMILES string of the molecule is Cc1cccc(NC(=O)/C=C(\C(=O)O)c2ccc(Cl)cc2)c1C. The van der Waals surface area contributed by atoms with Crippen LogP contribution in [0.3, 0.4) is 0 Å². The molecule has 2 rings (SSSR count). The zero-order valence-corrected chi connectivity index (χ0v) is 13.5. The largest absolute Gasteiger partial charge is 0.478 e. The number of aryl methyl sites for hydroxylation is 1. The van der Waals surface area contributed by atoms with Gasteiger partial charge in [-0.25, -0.2) is 4.79 Å². The van der Waals surface area contributed by atoms with Crippen LogP contribution in [0, 0.1) is 13.8 Å². The average molecular weight is 330 g/mol. The van der Waals surface area contributed by atoms with Crippen molar-refractivity contribution in [1.82, 2.24) is 0 Å². The zero-order valence-electron chi connectivity index (χ0n) is 12.8.